The van der Waals surface area contributed by atoms with Gasteiger partial charge in [0.2, 0.25) is 10.0 Å². The molecule has 2 N–H and O–H groups in total. The number of methoxy groups -OCH3 is 1. The summed E-state index contributed by atoms with van der Waals surface area (Å²) in [6, 6.07) is 11.2. The van der Waals surface area contributed by atoms with Crippen LogP contribution in [-0.2, 0) is 19.6 Å². The molecule has 6 nitrogen and oxygen atoms in total. The molecule has 0 atom stereocenters. The molecule has 8 heteroatoms. The Morgan fingerprint density at radius 3 is 2.31 bits per heavy atom. The largest absolute Gasteiger partial charge is 0.495 e. The smallest absolute Gasteiger partial charge is 0.334 e. The molecule has 1 saturated heterocycles. The quantitative estimate of drug-likeness (QED) is 0.636. The normalized spacial score (nSPS) is 16.3. The number of hydrogen-bond acceptors (Lipinski definition) is 5. The molecule has 1 fully saturated rings. The number of esters is 1. The van der Waals surface area contributed by atoms with E-state index in [-0.39, 0.29) is 4.90 Å². The Hall–Kier alpha value is -2.35. The highest BCUT2D eigenvalue weighted by Crippen LogP contribution is 2.35. The Labute approximate surface area is 156 Å². The summed E-state index contributed by atoms with van der Waals surface area (Å²) in [5, 5.41) is 5.54. The number of halogens is 1. The molecule has 0 unspecified atom stereocenters. The van der Waals surface area contributed by atoms with Gasteiger partial charge in [0.25, 0.3) is 0 Å². The van der Waals surface area contributed by atoms with Crippen molar-refractivity contribution in [2.24, 2.45) is 5.14 Å². The van der Waals surface area contributed by atoms with Gasteiger partial charge in [-0.05, 0) is 41.0 Å². The average Bonchev–Trinajstić information content (AvgIpc) is 3.01. The lowest BCUT2D eigenvalue weighted by Crippen LogP contribution is -2.12. The predicted molar refractivity (Wildman–Crippen MR) is 97.4 cm³/mol. The zero-order valence-electron chi connectivity index (χ0n) is 13.9. The molecule has 26 heavy (non-hydrogen) atoms. The van der Waals surface area contributed by atoms with Gasteiger partial charge in [-0.3, -0.25) is 0 Å². The number of hydrogen-bond donors (Lipinski definition) is 1. The Morgan fingerprint density at radius 2 is 1.81 bits per heavy atom. The van der Waals surface area contributed by atoms with Crippen molar-refractivity contribution < 1.29 is 22.7 Å². The van der Waals surface area contributed by atoms with E-state index in [9.17, 15) is 13.2 Å². The molecule has 3 rings (SSSR count). The van der Waals surface area contributed by atoms with Crippen LogP contribution in [-0.4, -0.2) is 28.1 Å². The summed E-state index contributed by atoms with van der Waals surface area (Å²) in [6.45, 7) is 0.302. The molecular weight excluding hydrogens is 378 g/mol. The number of carbonyl (C=O) groups excluding carboxylic acids is 1. The van der Waals surface area contributed by atoms with E-state index in [1.807, 2.05) is 0 Å². The molecule has 136 valence electrons. The lowest BCUT2D eigenvalue weighted by molar-refractivity contribution is -0.135. The zero-order valence-corrected chi connectivity index (χ0v) is 15.4. The standard InChI is InChI=1S/C18H16ClNO5S/c1-24-16-7-4-12(10-15(16)19)17(14-8-9-25-18(14)21)11-2-5-13(6-3-11)26(20,22)23/h2-7,10H,8-9H2,1H3,(H2,20,22,23)/b17-14-. The number of ether oxygens (including phenoxy) is 2. The van der Waals surface area contributed by atoms with E-state index in [2.05, 4.69) is 0 Å². The minimum atomic E-state index is -3.80. The number of primary sulfonamides is 1. The molecule has 2 aromatic carbocycles. The number of sulfonamides is 1. The van der Waals surface area contributed by atoms with Gasteiger partial charge in [-0.2, -0.15) is 0 Å². The molecule has 1 heterocycles. The SMILES string of the molecule is COc1ccc(/C(=C2/CCOC2=O)c2ccc(S(N)(=O)=O)cc2)cc1Cl. The highest BCUT2D eigenvalue weighted by Gasteiger charge is 2.25. The summed E-state index contributed by atoms with van der Waals surface area (Å²) < 4.78 is 33.2. The van der Waals surface area contributed by atoms with E-state index in [1.54, 1.807) is 30.3 Å². The minimum absolute atomic E-state index is 0.00707. The van der Waals surface area contributed by atoms with Gasteiger partial charge in [0.05, 0.1) is 23.6 Å². The molecule has 0 saturated carbocycles. The van der Waals surface area contributed by atoms with Crippen molar-refractivity contribution in [1.29, 1.82) is 0 Å². The van der Waals surface area contributed by atoms with Crippen molar-refractivity contribution in [1.82, 2.24) is 0 Å². The topological polar surface area (TPSA) is 95.7 Å². The lowest BCUT2D eigenvalue weighted by Gasteiger charge is -2.13. The van der Waals surface area contributed by atoms with Gasteiger partial charge in [0.1, 0.15) is 5.75 Å². The zero-order chi connectivity index (χ0) is 18.9. The second-order valence-electron chi connectivity index (χ2n) is 5.66. The van der Waals surface area contributed by atoms with Crippen LogP contribution >= 0.6 is 11.6 Å². The van der Waals surface area contributed by atoms with Gasteiger partial charge >= 0.3 is 5.97 Å². The number of benzene rings is 2. The molecule has 0 aromatic heterocycles. The second kappa shape index (κ2) is 7.11. The van der Waals surface area contributed by atoms with Crippen LogP contribution in [0.15, 0.2) is 52.9 Å². The van der Waals surface area contributed by atoms with Crippen LogP contribution in [0.2, 0.25) is 5.02 Å². The van der Waals surface area contributed by atoms with Crippen LogP contribution in [0.5, 0.6) is 5.75 Å². The van der Waals surface area contributed by atoms with Gasteiger partial charge in [-0.15, -0.1) is 0 Å². The van der Waals surface area contributed by atoms with Crippen LogP contribution in [0.25, 0.3) is 5.57 Å². The summed E-state index contributed by atoms with van der Waals surface area (Å²) in [6.07, 6.45) is 0.453. The molecule has 0 bridgehead atoms. The van der Waals surface area contributed by atoms with Crippen molar-refractivity contribution in [2.45, 2.75) is 11.3 Å². The van der Waals surface area contributed by atoms with E-state index in [1.165, 1.54) is 19.2 Å². The molecule has 1 aliphatic rings. The maximum atomic E-state index is 12.1. The van der Waals surface area contributed by atoms with Crippen molar-refractivity contribution >= 4 is 33.2 Å². The summed E-state index contributed by atoms with van der Waals surface area (Å²) >= 11 is 6.23. The monoisotopic (exact) mass is 393 g/mol. The molecule has 0 radical (unpaired) electrons. The Bertz CT molecular complexity index is 997. The van der Waals surface area contributed by atoms with Crippen molar-refractivity contribution in [3.05, 3.63) is 64.2 Å². The van der Waals surface area contributed by atoms with E-state index in [0.717, 1.165) is 0 Å². The maximum Gasteiger partial charge on any atom is 0.334 e. The number of rotatable bonds is 4. The first kappa shape index (κ1) is 18.4. The molecule has 0 amide bonds. The van der Waals surface area contributed by atoms with Crippen LogP contribution in [0, 0.1) is 0 Å². The fourth-order valence-corrected chi connectivity index (χ4v) is 3.58. The van der Waals surface area contributed by atoms with Crippen LogP contribution in [0.1, 0.15) is 17.5 Å². The lowest BCUT2D eigenvalue weighted by atomic mass is 9.92. The summed E-state index contributed by atoms with van der Waals surface area (Å²) in [5.41, 5.74) is 2.51. The highest BCUT2D eigenvalue weighted by molar-refractivity contribution is 7.89. The van der Waals surface area contributed by atoms with Crippen LogP contribution < -0.4 is 9.88 Å². The molecule has 1 aliphatic heterocycles. The summed E-state index contributed by atoms with van der Waals surface area (Å²) in [5.74, 6) is 0.112. The van der Waals surface area contributed by atoms with Gasteiger partial charge in [0.15, 0.2) is 0 Å². The third-order valence-electron chi connectivity index (χ3n) is 4.05. The third kappa shape index (κ3) is 3.60. The molecular formula is C18H16ClNO5S. The van der Waals surface area contributed by atoms with Crippen molar-refractivity contribution in [3.8, 4) is 5.75 Å². The van der Waals surface area contributed by atoms with Crippen molar-refractivity contribution in [3.63, 3.8) is 0 Å². The maximum absolute atomic E-state index is 12.1. The van der Waals surface area contributed by atoms with Gasteiger partial charge in [-0.25, -0.2) is 18.4 Å². The van der Waals surface area contributed by atoms with E-state index in [4.69, 9.17) is 26.2 Å². The summed E-state index contributed by atoms with van der Waals surface area (Å²) in [7, 11) is -2.29. The van der Waals surface area contributed by atoms with Gasteiger partial charge < -0.3 is 9.47 Å². The van der Waals surface area contributed by atoms with E-state index >= 15 is 0 Å². The second-order valence-corrected chi connectivity index (χ2v) is 7.63. The first-order valence-corrected chi connectivity index (χ1v) is 9.61. The molecule has 0 spiro atoms. The number of cyclic esters (lactones) is 1. The number of nitrogens with two attached hydrogens (primary N) is 1. The van der Waals surface area contributed by atoms with Gasteiger partial charge in [0, 0.05) is 12.0 Å². The van der Waals surface area contributed by atoms with Gasteiger partial charge in [-0.1, -0.05) is 29.8 Å². The van der Waals surface area contributed by atoms with Crippen LogP contribution in [0.4, 0.5) is 0 Å². The highest BCUT2D eigenvalue weighted by atomic mass is 35.5. The minimum Gasteiger partial charge on any atom is -0.495 e. The van der Waals surface area contributed by atoms with E-state index < -0.39 is 16.0 Å². The van der Waals surface area contributed by atoms with Crippen LogP contribution in [0.3, 0.4) is 0 Å². The Balaban J connectivity index is 2.17. The van der Waals surface area contributed by atoms with Crippen molar-refractivity contribution in [2.75, 3.05) is 13.7 Å². The Morgan fingerprint density at radius 1 is 1.15 bits per heavy atom. The molecule has 2 aromatic rings. The number of carbonyl (C=O) groups is 1. The third-order valence-corrected chi connectivity index (χ3v) is 5.27. The van der Waals surface area contributed by atoms with E-state index in [0.29, 0.717) is 46.1 Å². The first-order chi connectivity index (χ1) is 12.3. The Kier molecular flexibility index (Phi) is 5.04. The average molecular weight is 394 g/mol. The molecule has 0 aliphatic carbocycles. The fourth-order valence-electron chi connectivity index (χ4n) is 2.81. The fraction of sp³-hybridized carbons (Fsp3) is 0.167. The predicted octanol–water partition coefficient (Wildman–Crippen LogP) is 2.74. The summed E-state index contributed by atoms with van der Waals surface area (Å²) in [4.78, 5) is 12.1. The first-order valence-electron chi connectivity index (χ1n) is 7.68.